The van der Waals surface area contributed by atoms with Gasteiger partial charge in [0.05, 0.1) is 6.61 Å². The molecule has 1 aliphatic rings. The van der Waals surface area contributed by atoms with E-state index in [1.165, 1.54) is 24.8 Å². The van der Waals surface area contributed by atoms with E-state index in [0.29, 0.717) is 0 Å². The topological polar surface area (TPSA) is 9.23 Å². The molecule has 0 aliphatic carbocycles. The SMILES string of the molecule is CCCCCCl.c1ccc2c(c1)CCO2. The van der Waals surface area contributed by atoms with Crippen LogP contribution in [0.3, 0.4) is 0 Å². The van der Waals surface area contributed by atoms with E-state index >= 15 is 0 Å². The number of fused-ring (bicyclic) bond motifs is 1. The molecule has 0 fully saturated rings. The summed E-state index contributed by atoms with van der Waals surface area (Å²) >= 11 is 5.38. The molecule has 0 atom stereocenters. The van der Waals surface area contributed by atoms with Gasteiger partial charge in [0, 0.05) is 12.3 Å². The molecule has 0 saturated heterocycles. The van der Waals surface area contributed by atoms with Gasteiger partial charge in [-0.3, -0.25) is 0 Å². The Labute approximate surface area is 97.4 Å². The molecule has 0 saturated carbocycles. The first-order chi connectivity index (χ1) is 7.38. The second-order valence-electron chi connectivity index (χ2n) is 3.60. The van der Waals surface area contributed by atoms with Crippen LogP contribution in [-0.4, -0.2) is 12.5 Å². The van der Waals surface area contributed by atoms with Crippen molar-refractivity contribution in [2.24, 2.45) is 0 Å². The number of alkyl halides is 1. The van der Waals surface area contributed by atoms with Crippen LogP contribution in [0.4, 0.5) is 0 Å². The average molecular weight is 227 g/mol. The molecule has 1 aromatic rings. The molecule has 1 heterocycles. The van der Waals surface area contributed by atoms with Crippen LogP contribution in [0.15, 0.2) is 24.3 Å². The van der Waals surface area contributed by atoms with E-state index in [4.69, 9.17) is 16.3 Å². The Morgan fingerprint density at radius 2 is 2.07 bits per heavy atom. The Bertz CT molecular complexity index is 246. The summed E-state index contributed by atoms with van der Waals surface area (Å²) in [7, 11) is 0. The van der Waals surface area contributed by atoms with Crippen LogP contribution in [0.2, 0.25) is 0 Å². The normalized spacial score (nSPS) is 12.4. The highest BCUT2D eigenvalue weighted by Gasteiger charge is 2.08. The van der Waals surface area contributed by atoms with Gasteiger partial charge in [0.25, 0.3) is 0 Å². The summed E-state index contributed by atoms with van der Waals surface area (Å²) in [6, 6.07) is 8.18. The quantitative estimate of drug-likeness (QED) is 0.559. The lowest BCUT2D eigenvalue weighted by Gasteiger charge is -1.93. The minimum atomic E-state index is 0.827. The highest BCUT2D eigenvalue weighted by molar-refractivity contribution is 6.17. The number of hydrogen-bond acceptors (Lipinski definition) is 1. The highest BCUT2D eigenvalue weighted by atomic mass is 35.5. The zero-order chi connectivity index (χ0) is 10.9. The lowest BCUT2D eigenvalue weighted by atomic mass is 10.2. The molecule has 2 heteroatoms. The van der Waals surface area contributed by atoms with Gasteiger partial charge in [-0.25, -0.2) is 0 Å². The first-order valence-corrected chi connectivity index (χ1v) is 6.18. The Morgan fingerprint density at radius 1 is 1.27 bits per heavy atom. The first-order valence-electron chi connectivity index (χ1n) is 5.65. The maximum atomic E-state index is 5.38. The van der Waals surface area contributed by atoms with Crippen molar-refractivity contribution < 1.29 is 4.74 Å². The molecular weight excluding hydrogens is 208 g/mol. The van der Waals surface area contributed by atoms with Crippen LogP contribution >= 0.6 is 11.6 Å². The molecule has 0 amide bonds. The third kappa shape index (κ3) is 4.57. The van der Waals surface area contributed by atoms with Crippen molar-refractivity contribution in [3.8, 4) is 5.75 Å². The summed E-state index contributed by atoms with van der Waals surface area (Å²) in [5.74, 6) is 1.89. The monoisotopic (exact) mass is 226 g/mol. The fourth-order valence-electron chi connectivity index (χ4n) is 1.47. The van der Waals surface area contributed by atoms with Crippen LogP contribution in [0.1, 0.15) is 31.7 Å². The summed E-state index contributed by atoms with van der Waals surface area (Å²) < 4.78 is 5.30. The maximum Gasteiger partial charge on any atom is 0.122 e. The molecule has 1 aliphatic heterocycles. The van der Waals surface area contributed by atoms with E-state index in [9.17, 15) is 0 Å². The zero-order valence-corrected chi connectivity index (χ0v) is 10.1. The minimum absolute atomic E-state index is 0.827. The van der Waals surface area contributed by atoms with E-state index < -0.39 is 0 Å². The molecule has 0 aromatic heterocycles. The Hall–Kier alpha value is -0.690. The van der Waals surface area contributed by atoms with Gasteiger partial charge >= 0.3 is 0 Å². The van der Waals surface area contributed by atoms with Gasteiger partial charge in [0.15, 0.2) is 0 Å². The van der Waals surface area contributed by atoms with Gasteiger partial charge < -0.3 is 4.74 Å². The van der Waals surface area contributed by atoms with Crippen molar-refractivity contribution in [2.75, 3.05) is 12.5 Å². The molecule has 0 spiro atoms. The fourth-order valence-corrected chi connectivity index (χ4v) is 1.66. The summed E-state index contributed by atoms with van der Waals surface area (Å²) in [6.45, 7) is 3.03. The number of ether oxygens (including phenoxy) is 1. The van der Waals surface area contributed by atoms with Gasteiger partial charge in [-0.05, 0) is 18.1 Å². The van der Waals surface area contributed by atoms with Crippen LogP contribution in [0, 0.1) is 0 Å². The predicted octanol–water partition coefficient (Wildman–Crippen LogP) is 4.04. The minimum Gasteiger partial charge on any atom is -0.493 e. The molecule has 0 radical (unpaired) electrons. The van der Waals surface area contributed by atoms with Crippen molar-refractivity contribution >= 4 is 11.6 Å². The van der Waals surface area contributed by atoms with Gasteiger partial charge in [-0.1, -0.05) is 38.0 Å². The fraction of sp³-hybridized carbons (Fsp3) is 0.538. The summed E-state index contributed by atoms with van der Waals surface area (Å²) in [5.41, 5.74) is 1.34. The molecule has 1 nitrogen and oxygen atoms in total. The number of rotatable bonds is 3. The van der Waals surface area contributed by atoms with Crippen LogP contribution in [-0.2, 0) is 6.42 Å². The predicted molar refractivity (Wildman–Crippen MR) is 65.9 cm³/mol. The summed E-state index contributed by atoms with van der Waals surface area (Å²) in [5, 5.41) is 0. The second kappa shape index (κ2) is 7.58. The molecule has 0 unspecified atom stereocenters. The van der Waals surface area contributed by atoms with Gasteiger partial charge in [0.1, 0.15) is 5.75 Å². The smallest absolute Gasteiger partial charge is 0.122 e. The summed E-state index contributed by atoms with van der Waals surface area (Å²) in [6.07, 6.45) is 4.81. The first kappa shape index (κ1) is 12.4. The van der Waals surface area contributed by atoms with E-state index in [1.54, 1.807) is 0 Å². The molecule has 2 rings (SSSR count). The molecule has 1 aromatic carbocycles. The van der Waals surface area contributed by atoms with Crippen molar-refractivity contribution in [1.29, 1.82) is 0 Å². The van der Waals surface area contributed by atoms with Crippen LogP contribution in [0.5, 0.6) is 5.75 Å². The lowest BCUT2D eigenvalue weighted by molar-refractivity contribution is 0.357. The number of benzene rings is 1. The number of halogens is 1. The van der Waals surface area contributed by atoms with Crippen LogP contribution < -0.4 is 4.74 Å². The Balaban J connectivity index is 0.000000167. The van der Waals surface area contributed by atoms with Crippen molar-refractivity contribution in [2.45, 2.75) is 32.6 Å². The zero-order valence-electron chi connectivity index (χ0n) is 9.34. The van der Waals surface area contributed by atoms with Crippen LogP contribution in [0.25, 0.3) is 0 Å². The summed E-state index contributed by atoms with van der Waals surface area (Å²) in [4.78, 5) is 0. The standard InChI is InChI=1S/C8H8O.C5H11Cl/c1-2-4-8-7(3-1)5-6-9-8;1-2-3-4-5-6/h1-4H,5-6H2;2-5H2,1H3. The van der Waals surface area contributed by atoms with Crippen molar-refractivity contribution in [3.05, 3.63) is 29.8 Å². The third-order valence-corrected chi connectivity index (χ3v) is 2.61. The molecule has 15 heavy (non-hydrogen) atoms. The van der Waals surface area contributed by atoms with E-state index in [2.05, 4.69) is 13.0 Å². The van der Waals surface area contributed by atoms with E-state index in [-0.39, 0.29) is 0 Å². The van der Waals surface area contributed by atoms with Gasteiger partial charge in [-0.15, -0.1) is 11.6 Å². The van der Waals surface area contributed by atoms with Crippen molar-refractivity contribution in [1.82, 2.24) is 0 Å². The molecule has 84 valence electrons. The highest BCUT2D eigenvalue weighted by Crippen LogP contribution is 2.23. The second-order valence-corrected chi connectivity index (χ2v) is 3.98. The molecular formula is C13H19ClO. The Kier molecular flexibility index (Phi) is 6.26. The largest absolute Gasteiger partial charge is 0.493 e. The van der Waals surface area contributed by atoms with Gasteiger partial charge in [-0.2, -0.15) is 0 Å². The maximum absolute atomic E-state index is 5.38. The third-order valence-electron chi connectivity index (χ3n) is 2.34. The number of unbranched alkanes of at least 4 members (excludes halogenated alkanes) is 2. The average Bonchev–Trinajstić information content (AvgIpc) is 2.75. The Morgan fingerprint density at radius 3 is 2.67 bits per heavy atom. The molecule has 0 bridgehead atoms. The number of para-hydroxylation sites is 1. The van der Waals surface area contributed by atoms with E-state index in [1.807, 2.05) is 18.2 Å². The molecule has 0 N–H and O–H groups in total. The van der Waals surface area contributed by atoms with Gasteiger partial charge in [0.2, 0.25) is 0 Å². The number of hydrogen-bond donors (Lipinski definition) is 0. The van der Waals surface area contributed by atoms with Crippen molar-refractivity contribution in [3.63, 3.8) is 0 Å². The lowest BCUT2D eigenvalue weighted by Crippen LogP contribution is -1.85. The van der Waals surface area contributed by atoms with E-state index in [0.717, 1.165) is 24.7 Å².